The third-order valence-corrected chi connectivity index (χ3v) is 5.06. The minimum atomic E-state index is -0.601. The number of hydrogen-bond acceptors (Lipinski definition) is 5. The van der Waals surface area contributed by atoms with Crippen molar-refractivity contribution in [1.29, 1.82) is 0 Å². The van der Waals surface area contributed by atoms with E-state index in [0.29, 0.717) is 43.3 Å². The minimum absolute atomic E-state index is 0.0203. The second-order valence-electron chi connectivity index (χ2n) is 7.69. The molecule has 0 spiro atoms. The summed E-state index contributed by atoms with van der Waals surface area (Å²) < 4.78 is 16.8. The molecule has 0 aromatic heterocycles. The van der Waals surface area contributed by atoms with E-state index in [1.807, 2.05) is 38.1 Å². The normalized spacial score (nSPS) is 15.2. The maximum atomic E-state index is 12.5. The SMILES string of the molecule is CC(C)(NC(=O)COc1ccc2c(c1)CCC(=O)N2)c1ccc2c(c1)OCCO2. The lowest BCUT2D eigenvalue weighted by atomic mass is 9.93. The number of benzene rings is 2. The van der Waals surface area contributed by atoms with Crippen LogP contribution in [0.5, 0.6) is 17.2 Å². The Balaban J connectivity index is 1.37. The number of fused-ring (bicyclic) bond motifs is 2. The van der Waals surface area contributed by atoms with Crippen LogP contribution in [0.15, 0.2) is 36.4 Å². The van der Waals surface area contributed by atoms with Crippen LogP contribution in [0.3, 0.4) is 0 Å². The van der Waals surface area contributed by atoms with Crippen LogP contribution >= 0.6 is 0 Å². The van der Waals surface area contributed by atoms with Crippen molar-refractivity contribution >= 4 is 17.5 Å². The fourth-order valence-corrected chi connectivity index (χ4v) is 3.49. The third kappa shape index (κ3) is 4.29. The average Bonchev–Trinajstić information content (AvgIpc) is 2.71. The van der Waals surface area contributed by atoms with E-state index in [4.69, 9.17) is 14.2 Å². The number of nitrogens with one attached hydrogen (secondary N) is 2. The van der Waals surface area contributed by atoms with Crippen LogP contribution in [-0.4, -0.2) is 31.6 Å². The van der Waals surface area contributed by atoms with Crippen molar-refractivity contribution < 1.29 is 23.8 Å². The van der Waals surface area contributed by atoms with Gasteiger partial charge < -0.3 is 24.8 Å². The molecule has 0 fully saturated rings. The van der Waals surface area contributed by atoms with Gasteiger partial charge in [0.2, 0.25) is 5.91 Å². The van der Waals surface area contributed by atoms with Crippen LogP contribution in [0, 0.1) is 0 Å². The summed E-state index contributed by atoms with van der Waals surface area (Å²) >= 11 is 0. The first kappa shape index (κ1) is 19.1. The Bertz CT molecular complexity index is 954. The van der Waals surface area contributed by atoms with Gasteiger partial charge >= 0.3 is 0 Å². The Kier molecular flexibility index (Phi) is 5.05. The van der Waals surface area contributed by atoms with Gasteiger partial charge in [0.15, 0.2) is 18.1 Å². The molecule has 0 atom stereocenters. The predicted octanol–water partition coefficient (Wildman–Crippen LogP) is 2.77. The van der Waals surface area contributed by atoms with Gasteiger partial charge in [0.05, 0.1) is 5.54 Å². The van der Waals surface area contributed by atoms with Crippen molar-refractivity contribution in [1.82, 2.24) is 5.32 Å². The zero-order valence-electron chi connectivity index (χ0n) is 16.5. The van der Waals surface area contributed by atoms with Crippen LogP contribution in [0.4, 0.5) is 5.69 Å². The second kappa shape index (κ2) is 7.66. The summed E-state index contributed by atoms with van der Waals surface area (Å²) in [5.74, 6) is 1.80. The van der Waals surface area contributed by atoms with E-state index in [-0.39, 0.29) is 18.4 Å². The maximum Gasteiger partial charge on any atom is 0.258 e. The van der Waals surface area contributed by atoms with E-state index in [2.05, 4.69) is 10.6 Å². The van der Waals surface area contributed by atoms with Crippen molar-refractivity contribution in [2.45, 2.75) is 32.2 Å². The van der Waals surface area contributed by atoms with E-state index in [9.17, 15) is 9.59 Å². The number of amides is 2. The highest BCUT2D eigenvalue weighted by Crippen LogP contribution is 2.34. The first-order valence-electron chi connectivity index (χ1n) is 9.67. The van der Waals surface area contributed by atoms with Crippen LogP contribution in [0.25, 0.3) is 0 Å². The van der Waals surface area contributed by atoms with Crippen LogP contribution in [-0.2, 0) is 21.5 Å². The Labute approximate surface area is 169 Å². The number of carbonyl (C=O) groups excluding carboxylic acids is 2. The van der Waals surface area contributed by atoms with Gasteiger partial charge in [0, 0.05) is 12.1 Å². The number of carbonyl (C=O) groups is 2. The van der Waals surface area contributed by atoms with E-state index >= 15 is 0 Å². The highest BCUT2D eigenvalue weighted by atomic mass is 16.6. The van der Waals surface area contributed by atoms with Crippen LogP contribution < -0.4 is 24.8 Å². The molecule has 0 saturated heterocycles. The molecule has 0 saturated carbocycles. The Hall–Kier alpha value is -3.22. The number of anilines is 1. The number of aryl methyl sites for hydroxylation is 1. The molecule has 2 heterocycles. The van der Waals surface area contributed by atoms with Gasteiger partial charge in [0.25, 0.3) is 5.91 Å². The van der Waals surface area contributed by atoms with Gasteiger partial charge in [-0.3, -0.25) is 9.59 Å². The van der Waals surface area contributed by atoms with Crippen LogP contribution in [0.2, 0.25) is 0 Å². The first-order chi connectivity index (χ1) is 13.9. The zero-order valence-corrected chi connectivity index (χ0v) is 16.5. The minimum Gasteiger partial charge on any atom is -0.486 e. The largest absolute Gasteiger partial charge is 0.486 e. The third-order valence-electron chi connectivity index (χ3n) is 5.06. The molecular formula is C22H24N2O5. The quantitative estimate of drug-likeness (QED) is 0.812. The molecule has 0 aliphatic carbocycles. The summed E-state index contributed by atoms with van der Waals surface area (Å²) in [6, 6.07) is 11.1. The van der Waals surface area contributed by atoms with Gasteiger partial charge in [0.1, 0.15) is 19.0 Å². The topological polar surface area (TPSA) is 85.9 Å². The first-order valence-corrected chi connectivity index (χ1v) is 9.67. The fourth-order valence-electron chi connectivity index (χ4n) is 3.49. The van der Waals surface area contributed by atoms with E-state index in [1.165, 1.54) is 0 Å². The van der Waals surface area contributed by atoms with Gasteiger partial charge in [-0.25, -0.2) is 0 Å². The highest BCUT2D eigenvalue weighted by molar-refractivity contribution is 5.94. The van der Waals surface area contributed by atoms with E-state index < -0.39 is 5.54 Å². The molecule has 7 nitrogen and oxygen atoms in total. The lowest BCUT2D eigenvalue weighted by Gasteiger charge is -2.28. The molecule has 152 valence electrons. The summed E-state index contributed by atoms with van der Waals surface area (Å²) in [6.07, 6.45) is 1.13. The molecule has 2 aromatic rings. The van der Waals surface area contributed by atoms with Crippen molar-refractivity contribution in [2.24, 2.45) is 0 Å². The molecule has 29 heavy (non-hydrogen) atoms. The van der Waals surface area contributed by atoms with Gasteiger partial charge in [-0.05, 0) is 61.7 Å². The molecule has 2 aliphatic rings. The van der Waals surface area contributed by atoms with Gasteiger partial charge in [-0.15, -0.1) is 0 Å². The van der Waals surface area contributed by atoms with Crippen molar-refractivity contribution in [3.05, 3.63) is 47.5 Å². The van der Waals surface area contributed by atoms with E-state index in [1.54, 1.807) is 12.1 Å². The zero-order chi connectivity index (χ0) is 20.4. The fraction of sp³-hybridized carbons (Fsp3) is 0.364. The lowest BCUT2D eigenvalue weighted by Crippen LogP contribution is -2.43. The van der Waals surface area contributed by atoms with Crippen molar-refractivity contribution in [2.75, 3.05) is 25.1 Å². The second-order valence-corrected chi connectivity index (χ2v) is 7.69. The molecule has 7 heteroatoms. The molecule has 2 aliphatic heterocycles. The van der Waals surface area contributed by atoms with Crippen molar-refractivity contribution in [3.8, 4) is 17.2 Å². The Morgan fingerprint density at radius 3 is 2.72 bits per heavy atom. The monoisotopic (exact) mass is 396 g/mol. The summed E-state index contributed by atoms with van der Waals surface area (Å²) in [5, 5.41) is 5.83. The average molecular weight is 396 g/mol. The summed E-state index contributed by atoms with van der Waals surface area (Å²) in [5.41, 5.74) is 2.13. The number of hydrogen-bond donors (Lipinski definition) is 2. The number of rotatable bonds is 5. The molecule has 2 N–H and O–H groups in total. The summed E-state index contributed by atoms with van der Waals surface area (Å²) in [7, 11) is 0. The van der Waals surface area contributed by atoms with E-state index in [0.717, 1.165) is 16.8 Å². The van der Waals surface area contributed by atoms with Crippen molar-refractivity contribution in [3.63, 3.8) is 0 Å². The molecule has 4 rings (SSSR count). The van der Waals surface area contributed by atoms with Crippen LogP contribution in [0.1, 0.15) is 31.4 Å². The standard InChI is InChI=1S/C22H24N2O5/c1-22(2,15-4-7-18-19(12-15)28-10-9-27-18)24-21(26)13-29-16-5-6-17-14(11-16)3-8-20(25)23-17/h4-7,11-12H,3,8-10,13H2,1-2H3,(H,23,25)(H,24,26). The van der Waals surface area contributed by atoms with Gasteiger partial charge in [-0.2, -0.15) is 0 Å². The molecule has 0 radical (unpaired) electrons. The molecule has 0 unspecified atom stereocenters. The highest BCUT2D eigenvalue weighted by Gasteiger charge is 2.25. The number of ether oxygens (including phenoxy) is 3. The summed E-state index contributed by atoms with van der Waals surface area (Å²) in [6.45, 7) is 4.81. The maximum absolute atomic E-state index is 12.5. The smallest absolute Gasteiger partial charge is 0.258 e. The molecule has 2 amide bonds. The molecular weight excluding hydrogens is 372 g/mol. The Morgan fingerprint density at radius 2 is 1.90 bits per heavy atom. The molecule has 0 bridgehead atoms. The predicted molar refractivity (Wildman–Crippen MR) is 107 cm³/mol. The van der Waals surface area contributed by atoms with Gasteiger partial charge in [-0.1, -0.05) is 6.07 Å². The molecule has 2 aromatic carbocycles. The lowest BCUT2D eigenvalue weighted by molar-refractivity contribution is -0.124. The summed E-state index contributed by atoms with van der Waals surface area (Å²) in [4.78, 5) is 23.9. The Morgan fingerprint density at radius 1 is 1.10 bits per heavy atom.